The molecule has 0 radical (unpaired) electrons. The van der Waals surface area contributed by atoms with Crippen LogP contribution in [0.3, 0.4) is 0 Å². The zero-order valence-electron chi connectivity index (χ0n) is 6.51. The molecular weight excluding hydrogens is 144 g/mol. The van der Waals surface area contributed by atoms with Crippen LogP contribution in [-0.2, 0) is 4.74 Å². The molecule has 4 nitrogen and oxygen atoms in total. The fraction of sp³-hybridized carbons (Fsp3) is 0.857. The van der Waals surface area contributed by atoms with Gasteiger partial charge in [-0.3, -0.25) is 0 Å². The molecule has 0 aliphatic heterocycles. The number of alkyl carbamates (subject to hydrolysis) is 1. The minimum absolute atomic E-state index is 0.304. The van der Waals surface area contributed by atoms with Crippen molar-refractivity contribution in [1.29, 1.82) is 0 Å². The molecule has 0 aromatic heterocycles. The Kier molecular flexibility index (Phi) is 3.16. The highest BCUT2D eigenvalue weighted by Crippen LogP contribution is 2.17. The minimum Gasteiger partial charge on any atom is -0.448 e. The van der Waals surface area contributed by atoms with Crippen molar-refractivity contribution in [2.24, 2.45) is 5.73 Å². The van der Waals surface area contributed by atoms with Crippen LogP contribution < -0.4 is 11.1 Å². The van der Waals surface area contributed by atoms with Crippen molar-refractivity contribution >= 4 is 6.09 Å². The topological polar surface area (TPSA) is 64.3 Å². The van der Waals surface area contributed by atoms with Crippen molar-refractivity contribution < 1.29 is 9.53 Å². The number of carbonyl (C=O) groups is 1. The normalized spacial score (nSPS) is 17.2. The SMILES string of the molecule is NCCOC(=O)NC1CCC1. The van der Waals surface area contributed by atoms with Crippen LogP contribution in [0.2, 0.25) is 0 Å². The molecule has 0 aromatic carbocycles. The summed E-state index contributed by atoms with van der Waals surface area (Å²) in [6.07, 6.45) is 3.04. The average molecular weight is 158 g/mol. The smallest absolute Gasteiger partial charge is 0.407 e. The Hall–Kier alpha value is -0.770. The molecule has 0 bridgehead atoms. The van der Waals surface area contributed by atoms with Crippen molar-refractivity contribution in [2.75, 3.05) is 13.2 Å². The number of hydrogen-bond donors (Lipinski definition) is 2. The summed E-state index contributed by atoms with van der Waals surface area (Å²) in [5.41, 5.74) is 5.15. The summed E-state index contributed by atoms with van der Waals surface area (Å²) in [4.78, 5) is 10.8. The fourth-order valence-electron chi connectivity index (χ4n) is 0.913. The third-order valence-electron chi connectivity index (χ3n) is 1.78. The highest BCUT2D eigenvalue weighted by atomic mass is 16.5. The van der Waals surface area contributed by atoms with E-state index in [4.69, 9.17) is 10.5 Å². The minimum atomic E-state index is -0.333. The van der Waals surface area contributed by atoms with E-state index in [-0.39, 0.29) is 6.09 Å². The molecule has 4 heteroatoms. The Morgan fingerprint density at radius 1 is 1.64 bits per heavy atom. The van der Waals surface area contributed by atoms with E-state index in [1.165, 1.54) is 6.42 Å². The molecule has 1 fully saturated rings. The monoisotopic (exact) mass is 158 g/mol. The second-order valence-corrected chi connectivity index (χ2v) is 2.70. The van der Waals surface area contributed by atoms with Crippen LogP contribution in [0.5, 0.6) is 0 Å². The summed E-state index contributed by atoms with van der Waals surface area (Å²) in [5.74, 6) is 0. The number of carbonyl (C=O) groups excluding carboxylic acids is 1. The first kappa shape index (κ1) is 8.33. The van der Waals surface area contributed by atoms with Crippen LogP contribution >= 0.6 is 0 Å². The maximum atomic E-state index is 10.8. The van der Waals surface area contributed by atoms with Gasteiger partial charge in [-0.05, 0) is 19.3 Å². The number of nitrogens with two attached hydrogens (primary N) is 1. The summed E-state index contributed by atoms with van der Waals surface area (Å²) in [7, 11) is 0. The molecule has 0 unspecified atom stereocenters. The first-order chi connectivity index (χ1) is 5.33. The van der Waals surface area contributed by atoms with Crippen molar-refractivity contribution in [3.63, 3.8) is 0 Å². The number of ether oxygens (including phenoxy) is 1. The van der Waals surface area contributed by atoms with Gasteiger partial charge in [0, 0.05) is 12.6 Å². The van der Waals surface area contributed by atoms with Gasteiger partial charge in [0.1, 0.15) is 6.61 Å². The van der Waals surface area contributed by atoms with Crippen molar-refractivity contribution in [1.82, 2.24) is 5.32 Å². The molecule has 11 heavy (non-hydrogen) atoms. The lowest BCUT2D eigenvalue weighted by molar-refractivity contribution is 0.139. The summed E-state index contributed by atoms with van der Waals surface area (Å²) in [6.45, 7) is 0.691. The highest BCUT2D eigenvalue weighted by Gasteiger charge is 2.19. The molecule has 3 N–H and O–H groups in total. The van der Waals surface area contributed by atoms with E-state index in [0.29, 0.717) is 19.2 Å². The van der Waals surface area contributed by atoms with E-state index in [0.717, 1.165) is 12.8 Å². The van der Waals surface area contributed by atoms with E-state index in [2.05, 4.69) is 5.32 Å². The molecular formula is C7H14N2O2. The van der Waals surface area contributed by atoms with E-state index in [1.54, 1.807) is 0 Å². The molecule has 1 aliphatic carbocycles. The molecule has 0 heterocycles. The third kappa shape index (κ3) is 2.76. The molecule has 0 saturated heterocycles. The van der Waals surface area contributed by atoms with Crippen LogP contribution in [-0.4, -0.2) is 25.3 Å². The van der Waals surface area contributed by atoms with Crippen LogP contribution in [0.25, 0.3) is 0 Å². The van der Waals surface area contributed by atoms with Gasteiger partial charge < -0.3 is 15.8 Å². The van der Waals surface area contributed by atoms with E-state index in [1.807, 2.05) is 0 Å². The fourth-order valence-corrected chi connectivity index (χ4v) is 0.913. The summed E-state index contributed by atoms with van der Waals surface area (Å²) >= 11 is 0. The van der Waals surface area contributed by atoms with Crippen LogP contribution in [0, 0.1) is 0 Å². The Balaban J connectivity index is 2.00. The van der Waals surface area contributed by atoms with Gasteiger partial charge in [0.15, 0.2) is 0 Å². The first-order valence-electron chi connectivity index (χ1n) is 3.96. The van der Waals surface area contributed by atoms with E-state index < -0.39 is 0 Å². The molecule has 1 rings (SSSR count). The molecule has 1 aliphatic rings. The highest BCUT2D eigenvalue weighted by molar-refractivity contribution is 5.67. The molecule has 0 atom stereocenters. The zero-order chi connectivity index (χ0) is 8.10. The predicted molar refractivity (Wildman–Crippen MR) is 41.2 cm³/mol. The van der Waals surface area contributed by atoms with Gasteiger partial charge in [-0.2, -0.15) is 0 Å². The van der Waals surface area contributed by atoms with Gasteiger partial charge in [-0.25, -0.2) is 4.79 Å². The summed E-state index contributed by atoms with van der Waals surface area (Å²) < 4.78 is 4.72. The molecule has 0 spiro atoms. The standard InChI is InChI=1S/C7H14N2O2/c8-4-5-11-7(10)9-6-2-1-3-6/h6H,1-5,8H2,(H,9,10). The van der Waals surface area contributed by atoms with Crippen LogP contribution in [0.1, 0.15) is 19.3 Å². The molecule has 0 aromatic rings. The van der Waals surface area contributed by atoms with Gasteiger partial charge >= 0.3 is 6.09 Å². The Bertz CT molecular complexity index is 134. The Morgan fingerprint density at radius 2 is 2.36 bits per heavy atom. The van der Waals surface area contributed by atoms with Crippen molar-refractivity contribution in [3.8, 4) is 0 Å². The third-order valence-corrected chi connectivity index (χ3v) is 1.78. The summed E-state index contributed by atoms with van der Waals surface area (Å²) in [5, 5.41) is 2.73. The Morgan fingerprint density at radius 3 is 2.82 bits per heavy atom. The maximum absolute atomic E-state index is 10.8. The predicted octanol–water partition coefficient (Wildman–Crippen LogP) is 0.224. The van der Waals surface area contributed by atoms with Crippen molar-refractivity contribution in [2.45, 2.75) is 25.3 Å². The van der Waals surface area contributed by atoms with Gasteiger partial charge in [0.05, 0.1) is 0 Å². The van der Waals surface area contributed by atoms with Gasteiger partial charge in [0.25, 0.3) is 0 Å². The maximum Gasteiger partial charge on any atom is 0.407 e. The van der Waals surface area contributed by atoms with E-state index in [9.17, 15) is 4.79 Å². The second kappa shape index (κ2) is 4.18. The Labute approximate surface area is 66.1 Å². The molecule has 1 amide bonds. The summed E-state index contributed by atoms with van der Waals surface area (Å²) in [6, 6.07) is 0.347. The lowest BCUT2D eigenvalue weighted by Crippen LogP contribution is -2.40. The van der Waals surface area contributed by atoms with Gasteiger partial charge in [-0.1, -0.05) is 0 Å². The van der Waals surface area contributed by atoms with Crippen LogP contribution in [0.4, 0.5) is 4.79 Å². The molecule has 64 valence electrons. The largest absolute Gasteiger partial charge is 0.448 e. The number of rotatable bonds is 3. The average Bonchev–Trinajstić information content (AvgIpc) is 1.93. The van der Waals surface area contributed by atoms with Gasteiger partial charge in [-0.15, -0.1) is 0 Å². The number of hydrogen-bond acceptors (Lipinski definition) is 3. The zero-order valence-corrected chi connectivity index (χ0v) is 6.51. The second-order valence-electron chi connectivity index (χ2n) is 2.70. The first-order valence-corrected chi connectivity index (χ1v) is 3.96. The van der Waals surface area contributed by atoms with Crippen LogP contribution in [0.15, 0.2) is 0 Å². The lowest BCUT2D eigenvalue weighted by atomic mass is 9.93. The number of nitrogens with one attached hydrogen (secondary N) is 1. The van der Waals surface area contributed by atoms with Gasteiger partial charge in [0.2, 0.25) is 0 Å². The number of amides is 1. The van der Waals surface area contributed by atoms with Crippen molar-refractivity contribution in [3.05, 3.63) is 0 Å². The quantitative estimate of drug-likeness (QED) is 0.617. The molecule has 1 saturated carbocycles. The van der Waals surface area contributed by atoms with E-state index >= 15 is 0 Å². The lowest BCUT2D eigenvalue weighted by Gasteiger charge is -2.25.